The maximum Gasteiger partial charge on any atom is 0.416 e. The molecule has 3 heterocycles. The molecule has 0 bridgehead atoms. The molecule has 1 aliphatic heterocycles. The van der Waals surface area contributed by atoms with Gasteiger partial charge in [-0.05, 0) is 37.2 Å². The van der Waals surface area contributed by atoms with Gasteiger partial charge in [0.15, 0.2) is 0 Å². The standard InChI is InChI=1S/C19H16F6N6O.ClH/c20-18(21,22)9-5-10(19(23,24)25)7-12(6-9)28-15-14-13(2-4-27-16(14)32)30-17(31-15)29-11-1-3-26-8-11;/h2,4-7,11,26H,1,3,8H2,(H,27,32)(H2,28,29,30,31);1H. The minimum Gasteiger partial charge on any atom is -0.350 e. The molecule has 0 spiro atoms. The van der Waals surface area contributed by atoms with E-state index in [1.54, 1.807) is 0 Å². The summed E-state index contributed by atoms with van der Waals surface area (Å²) in [4.78, 5) is 23.1. The third kappa shape index (κ3) is 5.47. The first-order chi connectivity index (χ1) is 15.0. The Hall–Kier alpha value is -3.06. The van der Waals surface area contributed by atoms with Gasteiger partial charge in [0.05, 0.1) is 16.6 Å². The number of rotatable bonds is 4. The van der Waals surface area contributed by atoms with Gasteiger partial charge in [-0.25, -0.2) is 4.98 Å². The van der Waals surface area contributed by atoms with Gasteiger partial charge in [0, 0.05) is 24.5 Å². The van der Waals surface area contributed by atoms with Crippen LogP contribution >= 0.6 is 12.4 Å². The zero-order chi connectivity index (χ0) is 23.1. The first-order valence-electron chi connectivity index (χ1n) is 9.44. The summed E-state index contributed by atoms with van der Waals surface area (Å²) in [5.41, 5.74) is -3.98. The average molecular weight is 495 g/mol. The van der Waals surface area contributed by atoms with Crippen LogP contribution in [0.5, 0.6) is 0 Å². The van der Waals surface area contributed by atoms with Crippen molar-refractivity contribution in [2.75, 3.05) is 23.7 Å². The van der Waals surface area contributed by atoms with Gasteiger partial charge in [-0.2, -0.15) is 31.3 Å². The molecule has 4 N–H and O–H groups in total. The Balaban J connectivity index is 0.00000306. The first-order valence-corrected chi connectivity index (χ1v) is 9.44. The summed E-state index contributed by atoms with van der Waals surface area (Å²) in [5.74, 6) is -0.139. The highest BCUT2D eigenvalue weighted by Crippen LogP contribution is 2.38. The van der Waals surface area contributed by atoms with Gasteiger partial charge < -0.3 is 20.9 Å². The Morgan fingerprint density at radius 2 is 1.67 bits per heavy atom. The topological polar surface area (TPSA) is 94.7 Å². The largest absolute Gasteiger partial charge is 0.416 e. The Bertz CT molecular complexity index is 1170. The smallest absolute Gasteiger partial charge is 0.350 e. The fourth-order valence-corrected chi connectivity index (χ4v) is 3.37. The minimum atomic E-state index is -5.01. The number of hydrogen-bond donors (Lipinski definition) is 4. The molecule has 1 unspecified atom stereocenters. The van der Waals surface area contributed by atoms with Crippen LogP contribution in [0.3, 0.4) is 0 Å². The highest BCUT2D eigenvalue weighted by Gasteiger charge is 2.37. The lowest BCUT2D eigenvalue weighted by molar-refractivity contribution is -0.143. The zero-order valence-corrected chi connectivity index (χ0v) is 17.4. The maximum absolute atomic E-state index is 13.2. The first kappa shape index (κ1) is 24.6. The molecule has 0 aliphatic carbocycles. The summed E-state index contributed by atoms with van der Waals surface area (Å²) < 4.78 is 79.2. The summed E-state index contributed by atoms with van der Waals surface area (Å²) >= 11 is 0. The van der Waals surface area contributed by atoms with Crippen molar-refractivity contribution < 1.29 is 26.3 Å². The van der Waals surface area contributed by atoms with Crippen LogP contribution in [0.2, 0.25) is 0 Å². The molecule has 14 heteroatoms. The van der Waals surface area contributed by atoms with Crippen molar-refractivity contribution in [1.82, 2.24) is 20.3 Å². The predicted octanol–water partition coefficient (Wildman–Crippen LogP) is 4.29. The lowest BCUT2D eigenvalue weighted by Crippen LogP contribution is -2.24. The van der Waals surface area contributed by atoms with Gasteiger partial charge >= 0.3 is 12.4 Å². The van der Waals surface area contributed by atoms with Crippen molar-refractivity contribution in [2.24, 2.45) is 0 Å². The van der Waals surface area contributed by atoms with E-state index in [2.05, 4.69) is 30.9 Å². The zero-order valence-electron chi connectivity index (χ0n) is 16.6. The second-order valence-corrected chi connectivity index (χ2v) is 7.22. The van der Waals surface area contributed by atoms with Crippen LogP contribution in [-0.4, -0.2) is 34.1 Å². The van der Waals surface area contributed by atoms with Crippen LogP contribution in [0.4, 0.5) is 43.8 Å². The summed E-state index contributed by atoms with van der Waals surface area (Å²) in [6.07, 6.45) is -7.92. The maximum atomic E-state index is 13.2. The van der Waals surface area contributed by atoms with Crippen LogP contribution in [0, 0.1) is 0 Å². The molecule has 0 radical (unpaired) electrons. The molecule has 178 valence electrons. The fourth-order valence-electron chi connectivity index (χ4n) is 3.37. The summed E-state index contributed by atoms with van der Waals surface area (Å²) in [6.45, 7) is 1.39. The number of hydrogen-bond acceptors (Lipinski definition) is 6. The van der Waals surface area contributed by atoms with Crippen molar-refractivity contribution >= 4 is 40.8 Å². The number of nitrogens with zero attached hydrogens (tertiary/aromatic N) is 2. The van der Waals surface area contributed by atoms with Gasteiger partial charge in [-0.3, -0.25) is 4.79 Å². The van der Waals surface area contributed by atoms with Gasteiger partial charge in [0.25, 0.3) is 5.56 Å². The molecule has 1 saturated heterocycles. The Morgan fingerprint density at radius 3 is 2.24 bits per heavy atom. The number of aromatic nitrogens is 3. The molecule has 1 atom stereocenters. The number of benzene rings is 1. The van der Waals surface area contributed by atoms with Crippen LogP contribution in [-0.2, 0) is 12.4 Å². The van der Waals surface area contributed by atoms with Gasteiger partial charge in [-0.1, -0.05) is 0 Å². The number of fused-ring (bicyclic) bond motifs is 1. The second-order valence-electron chi connectivity index (χ2n) is 7.22. The molecule has 1 fully saturated rings. The van der Waals surface area contributed by atoms with E-state index in [-0.39, 0.29) is 47.2 Å². The third-order valence-electron chi connectivity index (χ3n) is 4.86. The molecule has 4 rings (SSSR count). The lowest BCUT2D eigenvalue weighted by atomic mass is 10.1. The average Bonchev–Trinajstić information content (AvgIpc) is 3.19. The Morgan fingerprint density at radius 1 is 1.00 bits per heavy atom. The summed E-state index contributed by atoms with van der Waals surface area (Å²) in [7, 11) is 0. The molecular formula is C19H17ClF6N6O. The monoisotopic (exact) mass is 494 g/mol. The number of aromatic amines is 1. The van der Waals surface area contributed by atoms with E-state index in [4.69, 9.17) is 0 Å². The van der Waals surface area contributed by atoms with Crippen molar-refractivity contribution in [3.63, 3.8) is 0 Å². The summed E-state index contributed by atoms with van der Waals surface area (Å²) in [5, 5.41) is 8.53. The lowest BCUT2D eigenvalue weighted by Gasteiger charge is -2.17. The molecule has 3 aromatic rings. The van der Waals surface area contributed by atoms with E-state index >= 15 is 0 Å². The highest BCUT2D eigenvalue weighted by atomic mass is 35.5. The van der Waals surface area contributed by atoms with Gasteiger partial charge in [-0.15, -0.1) is 12.4 Å². The van der Waals surface area contributed by atoms with Gasteiger partial charge in [0.2, 0.25) is 5.95 Å². The normalized spacial score (nSPS) is 16.5. The van der Waals surface area contributed by atoms with Crippen LogP contribution < -0.4 is 21.5 Å². The Kier molecular flexibility index (Phi) is 6.75. The number of halogens is 7. The van der Waals surface area contributed by atoms with E-state index in [1.807, 2.05) is 0 Å². The van der Waals surface area contributed by atoms with E-state index in [0.29, 0.717) is 18.7 Å². The number of pyridine rings is 1. The molecular weight excluding hydrogens is 478 g/mol. The number of nitrogens with one attached hydrogen (secondary N) is 4. The Labute approximate surface area is 188 Å². The van der Waals surface area contributed by atoms with E-state index in [9.17, 15) is 31.1 Å². The molecule has 0 amide bonds. The SMILES string of the molecule is Cl.O=c1[nH]ccc2nc(NC3CCNC3)nc(Nc3cc(C(F)(F)F)cc(C(F)(F)F)c3)c12. The van der Waals surface area contributed by atoms with E-state index in [1.165, 1.54) is 12.3 Å². The number of anilines is 3. The molecule has 7 nitrogen and oxygen atoms in total. The van der Waals surface area contributed by atoms with Crippen molar-refractivity contribution in [3.05, 3.63) is 51.9 Å². The molecule has 33 heavy (non-hydrogen) atoms. The third-order valence-corrected chi connectivity index (χ3v) is 4.86. The van der Waals surface area contributed by atoms with Crippen molar-refractivity contribution in [2.45, 2.75) is 24.8 Å². The van der Waals surface area contributed by atoms with E-state index in [0.717, 1.165) is 13.0 Å². The fraction of sp³-hybridized carbons (Fsp3) is 0.316. The van der Waals surface area contributed by atoms with Crippen LogP contribution in [0.25, 0.3) is 10.9 Å². The summed E-state index contributed by atoms with van der Waals surface area (Å²) in [6, 6.07) is 2.50. The van der Waals surface area contributed by atoms with Crippen LogP contribution in [0.1, 0.15) is 17.5 Å². The quantitative estimate of drug-likeness (QED) is 0.404. The van der Waals surface area contributed by atoms with Crippen molar-refractivity contribution in [1.29, 1.82) is 0 Å². The van der Waals surface area contributed by atoms with Crippen molar-refractivity contribution in [3.8, 4) is 0 Å². The predicted molar refractivity (Wildman–Crippen MR) is 112 cm³/mol. The van der Waals surface area contributed by atoms with E-state index < -0.39 is 34.7 Å². The second kappa shape index (κ2) is 9.06. The van der Waals surface area contributed by atoms with Crippen LogP contribution in [0.15, 0.2) is 35.3 Å². The molecule has 1 aromatic carbocycles. The minimum absolute atomic E-state index is 0. The van der Waals surface area contributed by atoms with Gasteiger partial charge in [0.1, 0.15) is 11.2 Å². The number of alkyl halides is 6. The number of H-pyrrole nitrogens is 1. The molecule has 1 aliphatic rings. The highest BCUT2D eigenvalue weighted by molar-refractivity contribution is 5.91. The molecule has 0 saturated carbocycles. The molecule has 2 aromatic heterocycles.